The number of aromatic nitrogens is 2. The first-order chi connectivity index (χ1) is 6.15. The fourth-order valence-electron chi connectivity index (χ4n) is 0.832. The van der Waals surface area contributed by atoms with E-state index in [-0.39, 0.29) is 15.9 Å². The second kappa shape index (κ2) is 4.60. The van der Waals surface area contributed by atoms with Gasteiger partial charge in [-0.3, -0.25) is 4.79 Å². The third-order valence-electron chi connectivity index (χ3n) is 1.44. The molecule has 0 fully saturated rings. The van der Waals surface area contributed by atoms with E-state index >= 15 is 0 Å². The first-order valence-electron chi connectivity index (χ1n) is 3.56. The van der Waals surface area contributed by atoms with Gasteiger partial charge in [0.15, 0.2) is 5.15 Å². The van der Waals surface area contributed by atoms with Crippen molar-refractivity contribution in [1.82, 2.24) is 9.55 Å². The third kappa shape index (κ3) is 2.69. The molecule has 6 heteroatoms. The lowest BCUT2D eigenvalue weighted by Crippen LogP contribution is -2.23. The van der Waals surface area contributed by atoms with Crippen molar-refractivity contribution >= 4 is 23.2 Å². The molecule has 1 aromatic heterocycles. The summed E-state index contributed by atoms with van der Waals surface area (Å²) in [6, 6.07) is 0. The van der Waals surface area contributed by atoms with Crippen LogP contribution in [0.2, 0.25) is 10.3 Å². The Morgan fingerprint density at radius 3 is 2.92 bits per heavy atom. The zero-order chi connectivity index (χ0) is 9.84. The molecule has 72 valence electrons. The summed E-state index contributed by atoms with van der Waals surface area (Å²) in [6.45, 7) is 0.841. The molecule has 0 spiro atoms. The third-order valence-corrected chi connectivity index (χ3v) is 1.87. The number of nitrogens with zero attached hydrogens (tertiary/aromatic N) is 2. The Balaban J connectivity index is 2.99. The molecule has 0 atom stereocenters. The average molecular weight is 223 g/mol. The van der Waals surface area contributed by atoms with Gasteiger partial charge in [-0.15, -0.1) is 0 Å². The van der Waals surface area contributed by atoms with Gasteiger partial charge in [-0.1, -0.05) is 23.2 Å². The molecule has 0 radical (unpaired) electrons. The molecule has 0 saturated carbocycles. The molecule has 0 aromatic carbocycles. The van der Waals surface area contributed by atoms with Crippen LogP contribution in [0.4, 0.5) is 0 Å². The van der Waals surface area contributed by atoms with Crippen LogP contribution in [0.5, 0.6) is 0 Å². The molecule has 4 nitrogen and oxygen atoms in total. The van der Waals surface area contributed by atoms with Crippen LogP contribution in [0.15, 0.2) is 11.0 Å². The van der Waals surface area contributed by atoms with Crippen LogP contribution >= 0.6 is 23.2 Å². The Kier molecular flexibility index (Phi) is 3.71. The van der Waals surface area contributed by atoms with Crippen molar-refractivity contribution in [3.63, 3.8) is 0 Å². The molecule has 0 unspecified atom stereocenters. The molecular weight excluding hydrogens is 215 g/mol. The van der Waals surface area contributed by atoms with Crippen LogP contribution in [-0.4, -0.2) is 23.3 Å². The number of rotatable bonds is 3. The maximum Gasteiger partial charge on any atom is 0.288 e. The highest BCUT2D eigenvalue weighted by Crippen LogP contribution is 2.05. The fraction of sp³-hybridized carbons (Fsp3) is 0.429. The van der Waals surface area contributed by atoms with E-state index < -0.39 is 0 Å². The van der Waals surface area contributed by atoms with Crippen molar-refractivity contribution in [3.8, 4) is 0 Å². The van der Waals surface area contributed by atoms with E-state index in [1.807, 2.05) is 0 Å². The predicted molar refractivity (Wildman–Crippen MR) is 50.4 cm³/mol. The van der Waals surface area contributed by atoms with Crippen LogP contribution in [0, 0.1) is 0 Å². The molecule has 0 bridgehead atoms. The molecule has 0 saturated heterocycles. The van der Waals surface area contributed by atoms with Crippen LogP contribution in [0.3, 0.4) is 0 Å². The summed E-state index contributed by atoms with van der Waals surface area (Å²) in [6.07, 6.45) is 1.43. The van der Waals surface area contributed by atoms with Gasteiger partial charge in [-0.25, -0.2) is 4.98 Å². The Morgan fingerprint density at radius 1 is 1.62 bits per heavy atom. The number of hydrogen-bond donors (Lipinski definition) is 0. The summed E-state index contributed by atoms with van der Waals surface area (Å²) in [5.74, 6) is 0. The van der Waals surface area contributed by atoms with E-state index in [9.17, 15) is 4.79 Å². The van der Waals surface area contributed by atoms with Gasteiger partial charge >= 0.3 is 0 Å². The maximum absolute atomic E-state index is 11.3. The SMILES string of the molecule is COCCn1cc(Cl)nc(Cl)c1=O. The Bertz CT molecular complexity index is 351. The van der Waals surface area contributed by atoms with Gasteiger partial charge in [0, 0.05) is 19.9 Å². The molecule has 0 N–H and O–H groups in total. The Hall–Kier alpha value is -0.580. The zero-order valence-corrected chi connectivity index (χ0v) is 8.47. The highest BCUT2D eigenvalue weighted by atomic mass is 35.5. The maximum atomic E-state index is 11.3. The number of hydrogen-bond acceptors (Lipinski definition) is 3. The summed E-state index contributed by atoms with van der Waals surface area (Å²) < 4.78 is 6.18. The summed E-state index contributed by atoms with van der Waals surface area (Å²) in [5.41, 5.74) is -0.358. The van der Waals surface area contributed by atoms with Crippen LogP contribution in [-0.2, 0) is 11.3 Å². The minimum absolute atomic E-state index is 0.122. The zero-order valence-electron chi connectivity index (χ0n) is 6.96. The first kappa shape index (κ1) is 10.5. The van der Waals surface area contributed by atoms with Crippen molar-refractivity contribution in [1.29, 1.82) is 0 Å². The van der Waals surface area contributed by atoms with Crippen LogP contribution in [0.1, 0.15) is 0 Å². The van der Waals surface area contributed by atoms with Crippen molar-refractivity contribution in [2.45, 2.75) is 6.54 Å². The summed E-state index contributed by atoms with van der Waals surface area (Å²) >= 11 is 11.1. The normalized spacial score (nSPS) is 10.4. The Labute approximate surface area is 85.1 Å². The van der Waals surface area contributed by atoms with E-state index in [1.165, 1.54) is 10.8 Å². The minimum Gasteiger partial charge on any atom is -0.383 e. The van der Waals surface area contributed by atoms with Crippen LogP contribution in [0.25, 0.3) is 0 Å². The van der Waals surface area contributed by atoms with Gasteiger partial charge in [-0.2, -0.15) is 0 Å². The molecule has 1 aromatic rings. The molecule has 0 aliphatic rings. The largest absolute Gasteiger partial charge is 0.383 e. The summed E-state index contributed by atoms with van der Waals surface area (Å²) in [7, 11) is 1.55. The van der Waals surface area contributed by atoms with E-state index in [1.54, 1.807) is 7.11 Å². The van der Waals surface area contributed by atoms with Gasteiger partial charge in [0.2, 0.25) is 0 Å². The van der Waals surface area contributed by atoms with Crippen molar-refractivity contribution in [2.24, 2.45) is 0 Å². The van der Waals surface area contributed by atoms with E-state index in [0.717, 1.165) is 0 Å². The number of methoxy groups -OCH3 is 1. The topological polar surface area (TPSA) is 44.1 Å². The molecule has 1 rings (SSSR count). The summed E-state index contributed by atoms with van der Waals surface area (Å²) in [5, 5.41) is 0.0734. The van der Waals surface area contributed by atoms with Crippen molar-refractivity contribution in [2.75, 3.05) is 13.7 Å². The van der Waals surface area contributed by atoms with Gasteiger partial charge in [0.05, 0.1) is 6.61 Å². The second-order valence-electron chi connectivity index (χ2n) is 2.35. The molecule has 13 heavy (non-hydrogen) atoms. The molecule has 0 aliphatic heterocycles. The average Bonchev–Trinajstić information content (AvgIpc) is 2.09. The van der Waals surface area contributed by atoms with E-state index in [2.05, 4.69) is 4.98 Å². The van der Waals surface area contributed by atoms with Gasteiger partial charge in [-0.05, 0) is 0 Å². The molecule has 0 amide bonds. The Morgan fingerprint density at radius 2 is 2.31 bits per heavy atom. The lowest BCUT2D eigenvalue weighted by molar-refractivity contribution is 0.186. The predicted octanol–water partition coefficient (Wildman–Crippen LogP) is 1.20. The van der Waals surface area contributed by atoms with E-state index in [0.29, 0.717) is 13.2 Å². The molecule has 0 aliphatic carbocycles. The highest BCUT2D eigenvalue weighted by molar-refractivity contribution is 6.32. The smallest absolute Gasteiger partial charge is 0.288 e. The summed E-state index contributed by atoms with van der Waals surface area (Å²) in [4.78, 5) is 14.9. The lowest BCUT2D eigenvalue weighted by Gasteiger charge is -2.04. The lowest BCUT2D eigenvalue weighted by atomic mass is 10.6. The monoisotopic (exact) mass is 222 g/mol. The van der Waals surface area contributed by atoms with E-state index in [4.69, 9.17) is 27.9 Å². The fourth-order valence-corrected chi connectivity index (χ4v) is 1.28. The van der Waals surface area contributed by atoms with Crippen molar-refractivity contribution in [3.05, 3.63) is 26.9 Å². The number of ether oxygens (including phenoxy) is 1. The molecular formula is C7H8Cl2N2O2. The van der Waals surface area contributed by atoms with Crippen LogP contribution < -0.4 is 5.56 Å². The number of halogens is 2. The first-order valence-corrected chi connectivity index (χ1v) is 4.32. The van der Waals surface area contributed by atoms with Gasteiger partial charge in [0.1, 0.15) is 5.15 Å². The molecule has 1 heterocycles. The second-order valence-corrected chi connectivity index (χ2v) is 3.09. The van der Waals surface area contributed by atoms with Crippen molar-refractivity contribution < 1.29 is 4.74 Å². The quantitative estimate of drug-likeness (QED) is 0.773. The standard InChI is InChI=1S/C7H8Cl2N2O2/c1-13-3-2-11-4-5(8)10-6(9)7(11)12/h4H,2-3H2,1H3. The van der Waals surface area contributed by atoms with Gasteiger partial charge in [0.25, 0.3) is 5.56 Å². The minimum atomic E-state index is -0.358. The van der Waals surface area contributed by atoms with Gasteiger partial charge < -0.3 is 9.30 Å². The highest BCUT2D eigenvalue weighted by Gasteiger charge is 2.04.